The van der Waals surface area contributed by atoms with Crippen LogP contribution in [0.4, 0.5) is 11.4 Å². The molecule has 1 fully saturated rings. The Labute approximate surface area is 181 Å². The van der Waals surface area contributed by atoms with Crippen molar-refractivity contribution in [1.29, 1.82) is 0 Å². The van der Waals surface area contributed by atoms with E-state index in [1.807, 2.05) is 24.3 Å². The monoisotopic (exact) mass is 412 g/mol. The lowest BCUT2D eigenvalue weighted by molar-refractivity contribution is 0.0384. The first kappa shape index (κ1) is 19.7. The van der Waals surface area contributed by atoms with Gasteiger partial charge in [-0.3, -0.25) is 14.5 Å². The number of carbonyl (C=O) groups is 2. The van der Waals surface area contributed by atoms with Crippen molar-refractivity contribution in [3.05, 3.63) is 94.5 Å². The van der Waals surface area contributed by atoms with Gasteiger partial charge in [0, 0.05) is 42.0 Å². The minimum atomic E-state index is -0.115. The van der Waals surface area contributed by atoms with Gasteiger partial charge in [-0.15, -0.1) is 0 Å². The van der Waals surface area contributed by atoms with Gasteiger partial charge in [-0.1, -0.05) is 48.5 Å². The average Bonchev–Trinajstić information content (AvgIpc) is 2.83. The zero-order chi connectivity index (χ0) is 21.2. The Morgan fingerprint density at radius 2 is 1.45 bits per heavy atom. The first-order chi connectivity index (χ1) is 15.2. The molecule has 5 rings (SSSR count). The number of benzene rings is 3. The number of ketones is 2. The van der Waals surface area contributed by atoms with Gasteiger partial charge in [0.2, 0.25) is 0 Å². The molecular formula is C26H24N2O3. The minimum Gasteiger partial charge on any atom is -0.379 e. The van der Waals surface area contributed by atoms with Gasteiger partial charge in [0.05, 0.1) is 24.5 Å². The summed E-state index contributed by atoms with van der Waals surface area (Å²) in [4.78, 5) is 28.5. The molecule has 1 heterocycles. The molecule has 0 amide bonds. The third kappa shape index (κ3) is 3.90. The molecule has 1 aliphatic carbocycles. The normalized spacial score (nSPS) is 16.0. The third-order valence-electron chi connectivity index (χ3n) is 6.01. The standard InChI is InChI=1S/C26H24N2O3/c29-25-20-4-1-2-5-21(20)26(30)24-22(25)6-3-7-23(24)27-19-10-8-18(9-11-19)12-13-28-14-16-31-17-15-28/h1-11,27H,12-17H2. The summed E-state index contributed by atoms with van der Waals surface area (Å²) in [5, 5.41) is 3.35. The highest BCUT2D eigenvalue weighted by Crippen LogP contribution is 2.33. The zero-order valence-electron chi connectivity index (χ0n) is 17.3. The molecule has 5 heteroatoms. The number of nitrogens with zero attached hydrogens (tertiary/aromatic N) is 1. The van der Waals surface area contributed by atoms with Crippen molar-refractivity contribution in [2.75, 3.05) is 38.2 Å². The molecule has 3 aromatic rings. The number of hydrogen-bond acceptors (Lipinski definition) is 5. The van der Waals surface area contributed by atoms with Gasteiger partial charge >= 0.3 is 0 Å². The van der Waals surface area contributed by atoms with Crippen LogP contribution in [-0.2, 0) is 11.2 Å². The van der Waals surface area contributed by atoms with E-state index in [4.69, 9.17) is 4.74 Å². The third-order valence-corrected chi connectivity index (χ3v) is 6.01. The van der Waals surface area contributed by atoms with Gasteiger partial charge in [0.25, 0.3) is 0 Å². The van der Waals surface area contributed by atoms with E-state index in [-0.39, 0.29) is 11.6 Å². The molecule has 5 nitrogen and oxygen atoms in total. The molecule has 0 aromatic heterocycles. The summed E-state index contributed by atoms with van der Waals surface area (Å²) in [5.74, 6) is -0.220. The second-order valence-electron chi connectivity index (χ2n) is 7.96. The maximum absolute atomic E-state index is 13.1. The van der Waals surface area contributed by atoms with E-state index in [9.17, 15) is 9.59 Å². The Bertz CT molecular complexity index is 1130. The summed E-state index contributed by atoms with van der Waals surface area (Å²) in [6, 6.07) is 20.7. The molecule has 1 aliphatic heterocycles. The Balaban J connectivity index is 1.34. The quantitative estimate of drug-likeness (QED) is 0.535. The topological polar surface area (TPSA) is 58.6 Å². The Morgan fingerprint density at radius 1 is 0.774 bits per heavy atom. The van der Waals surface area contributed by atoms with Crippen LogP contribution in [0.1, 0.15) is 37.4 Å². The molecule has 0 bridgehead atoms. The molecule has 2 aliphatic rings. The summed E-state index contributed by atoms with van der Waals surface area (Å²) >= 11 is 0. The van der Waals surface area contributed by atoms with Crippen LogP contribution in [0, 0.1) is 0 Å². The lowest BCUT2D eigenvalue weighted by atomic mass is 9.83. The van der Waals surface area contributed by atoms with E-state index >= 15 is 0 Å². The molecule has 0 spiro atoms. The number of carbonyl (C=O) groups excluding carboxylic acids is 2. The van der Waals surface area contributed by atoms with Gasteiger partial charge in [-0.05, 0) is 30.2 Å². The largest absolute Gasteiger partial charge is 0.379 e. The van der Waals surface area contributed by atoms with E-state index in [0.29, 0.717) is 27.9 Å². The summed E-state index contributed by atoms with van der Waals surface area (Å²) < 4.78 is 5.40. The number of hydrogen-bond donors (Lipinski definition) is 1. The van der Waals surface area contributed by atoms with E-state index in [1.54, 1.807) is 30.3 Å². The van der Waals surface area contributed by atoms with Crippen molar-refractivity contribution in [2.24, 2.45) is 0 Å². The van der Waals surface area contributed by atoms with E-state index in [0.717, 1.165) is 45.0 Å². The molecule has 1 saturated heterocycles. The van der Waals surface area contributed by atoms with Crippen molar-refractivity contribution in [1.82, 2.24) is 4.90 Å². The van der Waals surface area contributed by atoms with Crippen LogP contribution in [-0.4, -0.2) is 49.3 Å². The summed E-state index contributed by atoms with van der Waals surface area (Å²) in [5.41, 5.74) is 4.66. The second kappa shape index (κ2) is 8.46. The molecular weight excluding hydrogens is 388 g/mol. The van der Waals surface area contributed by atoms with Crippen LogP contribution in [0.15, 0.2) is 66.7 Å². The van der Waals surface area contributed by atoms with Gasteiger partial charge in [-0.2, -0.15) is 0 Å². The first-order valence-electron chi connectivity index (χ1n) is 10.7. The first-order valence-corrected chi connectivity index (χ1v) is 10.7. The van der Waals surface area contributed by atoms with Crippen LogP contribution >= 0.6 is 0 Å². The maximum Gasteiger partial charge on any atom is 0.196 e. The molecule has 0 saturated carbocycles. The molecule has 0 atom stereocenters. The number of ether oxygens (including phenoxy) is 1. The highest BCUT2D eigenvalue weighted by Gasteiger charge is 2.31. The van der Waals surface area contributed by atoms with E-state index in [1.165, 1.54) is 5.56 Å². The van der Waals surface area contributed by atoms with Gasteiger partial charge in [-0.25, -0.2) is 0 Å². The average molecular weight is 412 g/mol. The SMILES string of the molecule is O=C1c2ccccc2C(=O)c2c(Nc3ccc(CCN4CCOCC4)cc3)cccc21. The van der Waals surface area contributed by atoms with Gasteiger partial charge < -0.3 is 10.1 Å². The lowest BCUT2D eigenvalue weighted by Gasteiger charge is -2.26. The molecule has 156 valence electrons. The Morgan fingerprint density at radius 3 is 2.19 bits per heavy atom. The lowest BCUT2D eigenvalue weighted by Crippen LogP contribution is -2.37. The fraction of sp³-hybridized carbons (Fsp3) is 0.231. The van der Waals surface area contributed by atoms with Crippen molar-refractivity contribution in [3.8, 4) is 0 Å². The summed E-state index contributed by atoms with van der Waals surface area (Å²) in [6.45, 7) is 4.65. The highest BCUT2D eigenvalue weighted by molar-refractivity contribution is 6.30. The number of rotatable bonds is 5. The van der Waals surface area contributed by atoms with Gasteiger partial charge in [0.15, 0.2) is 11.6 Å². The Hall–Kier alpha value is -3.28. The van der Waals surface area contributed by atoms with Gasteiger partial charge in [0.1, 0.15) is 0 Å². The van der Waals surface area contributed by atoms with Crippen molar-refractivity contribution >= 4 is 22.9 Å². The van der Waals surface area contributed by atoms with Crippen LogP contribution < -0.4 is 5.32 Å². The predicted octanol–water partition coefficient (Wildman–Crippen LogP) is 4.08. The maximum atomic E-state index is 13.1. The smallest absolute Gasteiger partial charge is 0.196 e. The summed E-state index contributed by atoms with van der Waals surface area (Å²) in [7, 11) is 0. The number of anilines is 2. The Kier molecular flexibility index (Phi) is 5.37. The van der Waals surface area contributed by atoms with Crippen molar-refractivity contribution in [2.45, 2.75) is 6.42 Å². The molecule has 1 N–H and O–H groups in total. The van der Waals surface area contributed by atoms with Crippen LogP contribution in [0.5, 0.6) is 0 Å². The van der Waals surface area contributed by atoms with E-state index in [2.05, 4.69) is 22.3 Å². The number of fused-ring (bicyclic) bond motifs is 2. The molecule has 0 unspecified atom stereocenters. The second-order valence-corrected chi connectivity index (χ2v) is 7.96. The van der Waals surface area contributed by atoms with Crippen LogP contribution in [0.2, 0.25) is 0 Å². The highest BCUT2D eigenvalue weighted by atomic mass is 16.5. The fourth-order valence-electron chi connectivity index (χ4n) is 4.27. The number of nitrogens with one attached hydrogen (secondary N) is 1. The molecule has 31 heavy (non-hydrogen) atoms. The summed E-state index contributed by atoms with van der Waals surface area (Å²) in [6.07, 6.45) is 0.991. The van der Waals surface area contributed by atoms with Crippen LogP contribution in [0.3, 0.4) is 0 Å². The minimum absolute atomic E-state index is 0.104. The van der Waals surface area contributed by atoms with Crippen molar-refractivity contribution in [3.63, 3.8) is 0 Å². The fourth-order valence-corrected chi connectivity index (χ4v) is 4.27. The van der Waals surface area contributed by atoms with Crippen LogP contribution in [0.25, 0.3) is 0 Å². The molecule has 0 radical (unpaired) electrons. The van der Waals surface area contributed by atoms with Crippen molar-refractivity contribution < 1.29 is 14.3 Å². The number of morpholine rings is 1. The zero-order valence-corrected chi connectivity index (χ0v) is 17.3. The predicted molar refractivity (Wildman–Crippen MR) is 120 cm³/mol. The van der Waals surface area contributed by atoms with E-state index < -0.39 is 0 Å². The molecule has 3 aromatic carbocycles.